The summed E-state index contributed by atoms with van der Waals surface area (Å²) in [5.41, 5.74) is 0. The van der Waals surface area contributed by atoms with Gasteiger partial charge in [0, 0.05) is 32.2 Å². The van der Waals surface area contributed by atoms with Gasteiger partial charge in [0.2, 0.25) is 0 Å². The van der Waals surface area contributed by atoms with Crippen LogP contribution in [0.4, 0.5) is 0 Å². The van der Waals surface area contributed by atoms with Crippen LogP contribution in [-0.2, 0) is 0 Å². The fourth-order valence-corrected chi connectivity index (χ4v) is 2.48. The van der Waals surface area contributed by atoms with Crippen LogP contribution in [0.5, 0.6) is 0 Å². The van der Waals surface area contributed by atoms with Gasteiger partial charge in [-0.15, -0.1) is 0 Å². The van der Waals surface area contributed by atoms with Crippen LogP contribution in [0, 0.1) is 11.8 Å². The number of nitrogens with one attached hydrogen (secondary N) is 1. The van der Waals surface area contributed by atoms with E-state index >= 15 is 0 Å². The fourth-order valence-electron chi connectivity index (χ4n) is 2.48. The molecule has 0 spiro atoms. The number of nitrogens with zero attached hydrogens (tertiary/aromatic N) is 2. The highest BCUT2D eigenvalue weighted by atomic mass is 15.2. The third kappa shape index (κ3) is 4.40. The first-order valence-corrected chi connectivity index (χ1v) is 6.60. The molecular formula is C13H29N3. The fraction of sp³-hybridized carbons (Fsp3) is 1.00. The first-order valence-electron chi connectivity index (χ1n) is 6.60. The lowest BCUT2D eigenvalue weighted by atomic mass is 10.0. The molecule has 3 heteroatoms. The molecule has 1 aliphatic heterocycles. The lowest BCUT2D eigenvalue weighted by Gasteiger charge is -2.33. The van der Waals surface area contributed by atoms with Gasteiger partial charge in [0.05, 0.1) is 0 Å². The van der Waals surface area contributed by atoms with Crippen LogP contribution in [-0.4, -0.2) is 62.7 Å². The molecule has 1 aliphatic rings. The van der Waals surface area contributed by atoms with E-state index in [1.165, 1.54) is 26.2 Å². The summed E-state index contributed by atoms with van der Waals surface area (Å²) < 4.78 is 0. The summed E-state index contributed by atoms with van der Waals surface area (Å²) in [6.45, 7) is 12.9. The van der Waals surface area contributed by atoms with E-state index in [-0.39, 0.29) is 0 Å². The summed E-state index contributed by atoms with van der Waals surface area (Å²) in [5.74, 6) is 1.55. The van der Waals surface area contributed by atoms with Crippen LogP contribution in [0.3, 0.4) is 0 Å². The average molecular weight is 227 g/mol. The normalized spacial score (nSPS) is 26.2. The summed E-state index contributed by atoms with van der Waals surface area (Å²) in [7, 11) is 4.31. The van der Waals surface area contributed by atoms with Crippen molar-refractivity contribution < 1.29 is 0 Å². The molecule has 0 saturated carbocycles. The Balaban J connectivity index is 2.48. The number of rotatable bonds is 6. The molecule has 1 fully saturated rings. The van der Waals surface area contributed by atoms with Gasteiger partial charge in [0.25, 0.3) is 0 Å². The Morgan fingerprint density at radius 2 is 1.88 bits per heavy atom. The van der Waals surface area contributed by atoms with Crippen molar-refractivity contribution in [1.29, 1.82) is 0 Å². The van der Waals surface area contributed by atoms with Crippen LogP contribution in [0.1, 0.15) is 20.8 Å². The van der Waals surface area contributed by atoms with Crippen molar-refractivity contribution in [1.82, 2.24) is 15.1 Å². The Morgan fingerprint density at radius 3 is 2.31 bits per heavy atom. The van der Waals surface area contributed by atoms with Crippen molar-refractivity contribution in [2.24, 2.45) is 11.8 Å². The third-order valence-electron chi connectivity index (χ3n) is 3.38. The van der Waals surface area contributed by atoms with Crippen LogP contribution in [0.2, 0.25) is 0 Å². The minimum absolute atomic E-state index is 0.738. The maximum absolute atomic E-state index is 3.51. The molecule has 96 valence electrons. The van der Waals surface area contributed by atoms with Crippen LogP contribution < -0.4 is 5.32 Å². The number of hydrogen-bond donors (Lipinski definition) is 1. The topological polar surface area (TPSA) is 18.5 Å². The Labute approximate surface area is 101 Å². The van der Waals surface area contributed by atoms with Gasteiger partial charge in [-0.25, -0.2) is 0 Å². The molecule has 1 rings (SSSR count). The van der Waals surface area contributed by atoms with Crippen molar-refractivity contribution in [3.8, 4) is 0 Å². The van der Waals surface area contributed by atoms with Gasteiger partial charge < -0.3 is 10.2 Å². The Bertz CT molecular complexity index is 192. The van der Waals surface area contributed by atoms with Crippen molar-refractivity contribution in [2.75, 3.05) is 46.8 Å². The predicted molar refractivity (Wildman–Crippen MR) is 70.8 cm³/mol. The van der Waals surface area contributed by atoms with Gasteiger partial charge in [-0.1, -0.05) is 20.8 Å². The quantitative estimate of drug-likeness (QED) is 0.733. The van der Waals surface area contributed by atoms with Gasteiger partial charge in [-0.3, -0.25) is 4.90 Å². The maximum atomic E-state index is 3.51. The second-order valence-corrected chi connectivity index (χ2v) is 5.89. The molecule has 1 N–H and O–H groups in total. The van der Waals surface area contributed by atoms with Crippen molar-refractivity contribution in [2.45, 2.75) is 26.8 Å². The molecule has 0 bridgehead atoms. The van der Waals surface area contributed by atoms with Crippen LogP contribution >= 0.6 is 0 Å². The van der Waals surface area contributed by atoms with Gasteiger partial charge in [0.1, 0.15) is 0 Å². The minimum atomic E-state index is 0.738. The van der Waals surface area contributed by atoms with E-state index < -0.39 is 0 Å². The zero-order valence-electron chi connectivity index (χ0n) is 11.7. The molecule has 0 amide bonds. The maximum Gasteiger partial charge on any atom is 0.0258 e. The average Bonchev–Trinajstić information content (AvgIpc) is 2.58. The third-order valence-corrected chi connectivity index (χ3v) is 3.38. The molecule has 1 heterocycles. The van der Waals surface area contributed by atoms with Crippen LogP contribution in [0.25, 0.3) is 0 Å². The Kier molecular flexibility index (Phi) is 5.73. The minimum Gasteiger partial charge on any atom is -0.315 e. The summed E-state index contributed by atoms with van der Waals surface area (Å²) in [6, 6.07) is 0.738. The van der Waals surface area contributed by atoms with Crippen molar-refractivity contribution in [3.63, 3.8) is 0 Å². The van der Waals surface area contributed by atoms with E-state index in [1.54, 1.807) is 0 Å². The summed E-state index contributed by atoms with van der Waals surface area (Å²) in [4.78, 5) is 4.95. The summed E-state index contributed by atoms with van der Waals surface area (Å²) in [6.07, 6.45) is 0. The van der Waals surface area contributed by atoms with Gasteiger partial charge >= 0.3 is 0 Å². The smallest absolute Gasteiger partial charge is 0.0258 e. The van der Waals surface area contributed by atoms with Crippen LogP contribution in [0.15, 0.2) is 0 Å². The molecule has 0 aliphatic carbocycles. The molecular weight excluding hydrogens is 198 g/mol. The molecule has 0 aromatic heterocycles. The van der Waals surface area contributed by atoms with Crippen molar-refractivity contribution >= 4 is 0 Å². The highest BCUT2D eigenvalue weighted by Crippen LogP contribution is 2.16. The summed E-state index contributed by atoms with van der Waals surface area (Å²) >= 11 is 0. The van der Waals surface area contributed by atoms with E-state index in [4.69, 9.17) is 0 Å². The first kappa shape index (κ1) is 13.9. The van der Waals surface area contributed by atoms with E-state index in [0.717, 1.165) is 24.4 Å². The van der Waals surface area contributed by atoms with E-state index in [1.807, 2.05) is 0 Å². The van der Waals surface area contributed by atoms with E-state index in [2.05, 4.69) is 50.0 Å². The molecule has 0 aromatic carbocycles. The molecule has 1 saturated heterocycles. The molecule has 3 nitrogen and oxygen atoms in total. The SMILES string of the molecule is CC(C)CN(CCN(C)C)C1CNCC1C. The molecule has 2 atom stereocenters. The standard InChI is InChI=1S/C13H29N3/c1-11(2)10-16(7-6-15(4)5)13-9-14-8-12(13)3/h11-14H,6-10H2,1-5H3. The molecule has 16 heavy (non-hydrogen) atoms. The monoisotopic (exact) mass is 227 g/mol. The molecule has 2 unspecified atom stereocenters. The van der Waals surface area contributed by atoms with Gasteiger partial charge in [-0.2, -0.15) is 0 Å². The number of likely N-dealkylation sites (N-methyl/N-ethyl adjacent to an activating group) is 1. The predicted octanol–water partition coefficient (Wildman–Crippen LogP) is 1.11. The zero-order valence-corrected chi connectivity index (χ0v) is 11.7. The van der Waals surface area contributed by atoms with E-state index in [9.17, 15) is 0 Å². The number of hydrogen-bond acceptors (Lipinski definition) is 3. The van der Waals surface area contributed by atoms with Crippen molar-refractivity contribution in [3.05, 3.63) is 0 Å². The second kappa shape index (κ2) is 6.58. The molecule has 0 radical (unpaired) electrons. The largest absolute Gasteiger partial charge is 0.315 e. The van der Waals surface area contributed by atoms with Gasteiger partial charge in [-0.05, 0) is 32.5 Å². The zero-order chi connectivity index (χ0) is 12.1. The van der Waals surface area contributed by atoms with Gasteiger partial charge in [0.15, 0.2) is 0 Å². The highest BCUT2D eigenvalue weighted by molar-refractivity contribution is 4.86. The lowest BCUT2D eigenvalue weighted by Crippen LogP contribution is -2.45. The highest BCUT2D eigenvalue weighted by Gasteiger charge is 2.28. The lowest BCUT2D eigenvalue weighted by molar-refractivity contribution is 0.146. The Hall–Kier alpha value is -0.120. The Morgan fingerprint density at radius 1 is 1.19 bits per heavy atom. The molecule has 0 aromatic rings. The second-order valence-electron chi connectivity index (χ2n) is 5.89. The van der Waals surface area contributed by atoms with E-state index in [0.29, 0.717) is 0 Å². The summed E-state index contributed by atoms with van der Waals surface area (Å²) in [5, 5.41) is 3.51. The first-order chi connectivity index (χ1) is 7.50.